The number of hydrogen-bond donors (Lipinski definition) is 2. The second kappa shape index (κ2) is 5.06. The first-order valence-corrected chi connectivity index (χ1v) is 6.34. The van der Waals surface area contributed by atoms with Crippen LogP contribution in [0.4, 0.5) is 5.69 Å². The number of hydrogen-bond acceptors (Lipinski definition) is 3. The van der Waals surface area contributed by atoms with Gasteiger partial charge in [-0.1, -0.05) is 0 Å². The molecular weight excluding hydrogens is 268 g/mol. The Bertz CT molecular complexity index is 370. The molecule has 2 atom stereocenters. The molecule has 0 saturated heterocycles. The van der Waals surface area contributed by atoms with Crippen LogP contribution in [-0.4, -0.2) is 19.2 Å². The first kappa shape index (κ1) is 11.7. The molecule has 4 heteroatoms. The number of methoxy groups -OCH3 is 1. The van der Waals surface area contributed by atoms with Gasteiger partial charge in [0, 0.05) is 23.8 Å². The molecule has 1 aromatic rings. The summed E-state index contributed by atoms with van der Waals surface area (Å²) in [6, 6.07) is 6.91. The molecule has 1 fully saturated rings. The van der Waals surface area contributed by atoms with Crippen molar-refractivity contribution in [2.45, 2.75) is 31.3 Å². The molecule has 2 unspecified atom stereocenters. The second-order valence-corrected chi connectivity index (χ2v) is 5.12. The monoisotopic (exact) mass is 284 g/mol. The van der Waals surface area contributed by atoms with Gasteiger partial charge in [-0.05, 0) is 47.3 Å². The summed E-state index contributed by atoms with van der Waals surface area (Å²) < 4.78 is 6.24. The van der Waals surface area contributed by atoms with Crippen LogP contribution in [0.15, 0.2) is 22.7 Å². The van der Waals surface area contributed by atoms with E-state index in [-0.39, 0.29) is 0 Å². The van der Waals surface area contributed by atoms with Gasteiger partial charge in [-0.15, -0.1) is 0 Å². The third kappa shape index (κ3) is 2.68. The third-order valence-electron chi connectivity index (χ3n) is 3.00. The predicted octanol–water partition coefficient (Wildman–Crippen LogP) is 2.75. The van der Waals surface area contributed by atoms with Gasteiger partial charge in [-0.3, -0.25) is 0 Å². The van der Waals surface area contributed by atoms with Gasteiger partial charge < -0.3 is 15.8 Å². The Morgan fingerprint density at radius 3 is 2.88 bits per heavy atom. The SMILES string of the molecule is COc1cc(NC2CCC(N)C2)ccc1Br. The molecule has 0 radical (unpaired) electrons. The van der Waals surface area contributed by atoms with Crippen molar-refractivity contribution in [1.29, 1.82) is 0 Å². The Kier molecular flexibility index (Phi) is 3.71. The highest BCUT2D eigenvalue weighted by Gasteiger charge is 2.21. The highest BCUT2D eigenvalue weighted by molar-refractivity contribution is 9.10. The summed E-state index contributed by atoms with van der Waals surface area (Å²) in [5.41, 5.74) is 6.98. The zero-order valence-corrected chi connectivity index (χ0v) is 11.0. The molecule has 0 amide bonds. The van der Waals surface area contributed by atoms with E-state index in [1.54, 1.807) is 7.11 Å². The van der Waals surface area contributed by atoms with Crippen molar-refractivity contribution in [3.05, 3.63) is 22.7 Å². The molecule has 3 nitrogen and oxygen atoms in total. The number of nitrogens with two attached hydrogens (primary N) is 1. The van der Waals surface area contributed by atoms with Gasteiger partial charge >= 0.3 is 0 Å². The van der Waals surface area contributed by atoms with Gasteiger partial charge in [-0.2, -0.15) is 0 Å². The van der Waals surface area contributed by atoms with E-state index in [0.29, 0.717) is 12.1 Å². The van der Waals surface area contributed by atoms with E-state index in [1.165, 1.54) is 0 Å². The molecule has 16 heavy (non-hydrogen) atoms. The Morgan fingerprint density at radius 2 is 2.25 bits per heavy atom. The molecule has 0 bridgehead atoms. The zero-order valence-electron chi connectivity index (χ0n) is 9.37. The van der Waals surface area contributed by atoms with Crippen LogP contribution in [0, 0.1) is 0 Å². The number of ether oxygens (including phenoxy) is 1. The molecule has 3 N–H and O–H groups in total. The molecule has 0 aliphatic heterocycles. The van der Waals surface area contributed by atoms with Gasteiger partial charge in [0.1, 0.15) is 5.75 Å². The topological polar surface area (TPSA) is 47.3 Å². The molecule has 1 aliphatic rings. The first-order valence-electron chi connectivity index (χ1n) is 5.54. The summed E-state index contributed by atoms with van der Waals surface area (Å²) in [4.78, 5) is 0. The molecule has 0 aromatic heterocycles. The van der Waals surface area contributed by atoms with Crippen molar-refractivity contribution in [2.24, 2.45) is 5.73 Å². The van der Waals surface area contributed by atoms with E-state index < -0.39 is 0 Å². The van der Waals surface area contributed by atoms with Crippen molar-refractivity contribution in [3.63, 3.8) is 0 Å². The first-order chi connectivity index (χ1) is 7.69. The Labute approximate surface area is 104 Å². The fraction of sp³-hybridized carbons (Fsp3) is 0.500. The highest BCUT2D eigenvalue weighted by Crippen LogP contribution is 2.29. The van der Waals surface area contributed by atoms with Crippen LogP contribution in [0.25, 0.3) is 0 Å². The smallest absolute Gasteiger partial charge is 0.135 e. The Hall–Kier alpha value is -0.740. The van der Waals surface area contributed by atoms with Crippen LogP contribution in [0.2, 0.25) is 0 Å². The fourth-order valence-electron chi connectivity index (χ4n) is 2.13. The van der Waals surface area contributed by atoms with Crippen molar-refractivity contribution in [3.8, 4) is 5.75 Å². The second-order valence-electron chi connectivity index (χ2n) is 4.26. The molecule has 1 aliphatic carbocycles. The van der Waals surface area contributed by atoms with Gasteiger partial charge in [0.25, 0.3) is 0 Å². The highest BCUT2D eigenvalue weighted by atomic mass is 79.9. The molecule has 0 heterocycles. The van der Waals surface area contributed by atoms with E-state index in [0.717, 1.165) is 35.2 Å². The lowest BCUT2D eigenvalue weighted by Crippen LogP contribution is -2.20. The lowest BCUT2D eigenvalue weighted by atomic mass is 10.2. The maximum absolute atomic E-state index is 5.89. The quantitative estimate of drug-likeness (QED) is 0.897. The minimum atomic E-state index is 0.356. The summed E-state index contributed by atoms with van der Waals surface area (Å²) in [5.74, 6) is 0.854. The molecule has 0 spiro atoms. The van der Waals surface area contributed by atoms with Gasteiger partial charge in [0.15, 0.2) is 0 Å². The molecule has 1 saturated carbocycles. The minimum Gasteiger partial charge on any atom is -0.495 e. The largest absolute Gasteiger partial charge is 0.495 e. The summed E-state index contributed by atoms with van der Waals surface area (Å²) in [6.07, 6.45) is 3.32. The Balaban J connectivity index is 2.04. The number of nitrogens with one attached hydrogen (secondary N) is 1. The van der Waals surface area contributed by atoms with E-state index in [4.69, 9.17) is 10.5 Å². The van der Waals surface area contributed by atoms with Crippen LogP contribution in [-0.2, 0) is 0 Å². The van der Waals surface area contributed by atoms with Crippen molar-refractivity contribution >= 4 is 21.6 Å². The minimum absolute atomic E-state index is 0.356. The summed E-state index contributed by atoms with van der Waals surface area (Å²) in [6.45, 7) is 0. The Morgan fingerprint density at radius 1 is 1.44 bits per heavy atom. The number of halogens is 1. The fourth-order valence-corrected chi connectivity index (χ4v) is 2.54. The number of benzene rings is 1. The van der Waals surface area contributed by atoms with Crippen LogP contribution in [0.3, 0.4) is 0 Å². The van der Waals surface area contributed by atoms with E-state index in [9.17, 15) is 0 Å². The van der Waals surface area contributed by atoms with E-state index in [1.807, 2.05) is 12.1 Å². The molecule has 88 valence electrons. The van der Waals surface area contributed by atoms with Crippen LogP contribution in [0.5, 0.6) is 5.75 Å². The number of anilines is 1. The maximum Gasteiger partial charge on any atom is 0.135 e. The van der Waals surface area contributed by atoms with Gasteiger partial charge in [0.2, 0.25) is 0 Å². The van der Waals surface area contributed by atoms with Crippen LogP contribution < -0.4 is 15.8 Å². The van der Waals surface area contributed by atoms with Gasteiger partial charge in [-0.25, -0.2) is 0 Å². The van der Waals surface area contributed by atoms with Crippen LogP contribution >= 0.6 is 15.9 Å². The van der Waals surface area contributed by atoms with Crippen LogP contribution in [0.1, 0.15) is 19.3 Å². The molecular formula is C12H17BrN2O. The predicted molar refractivity (Wildman–Crippen MR) is 69.9 cm³/mol. The lowest BCUT2D eigenvalue weighted by Gasteiger charge is -2.15. The molecule has 1 aromatic carbocycles. The van der Waals surface area contributed by atoms with Gasteiger partial charge in [0.05, 0.1) is 11.6 Å². The average molecular weight is 285 g/mol. The van der Waals surface area contributed by atoms with Crippen molar-refractivity contribution < 1.29 is 4.74 Å². The standard InChI is InChI=1S/C12H17BrN2O/c1-16-12-7-10(4-5-11(12)13)15-9-3-2-8(14)6-9/h4-5,7-9,15H,2-3,6,14H2,1H3. The average Bonchev–Trinajstić information content (AvgIpc) is 2.67. The van der Waals surface area contributed by atoms with E-state index >= 15 is 0 Å². The van der Waals surface area contributed by atoms with Crippen molar-refractivity contribution in [2.75, 3.05) is 12.4 Å². The van der Waals surface area contributed by atoms with Crippen molar-refractivity contribution in [1.82, 2.24) is 0 Å². The zero-order chi connectivity index (χ0) is 11.5. The maximum atomic E-state index is 5.89. The summed E-state index contributed by atoms with van der Waals surface area (Å²) in [7, 11) is 1.68. The lowest BCUT2D eigenvalue weighted by molar-refractivity contribution is 0.412. The number of rotatable bonds is 3. The summed E-state index contributed by atoms with van der Waals surface area (Å²) in [5, 5.41) is 3.49. The normalized spacial score (nSPS) is 24.4. The third-order valence-corrected chi connectivity index (χ3v) is 3.65. The summed E-state index contributed by atoms with van der Waals surface area (Å²) >= 11 is 3.44. The molecule has 2 rings (SSSR count). The van der Waals surface area contributed by atoms with E-state index in [2.05, 4.69) is 27.3 Å².